The quantitative estimate of drug-likeness (QED) is 0.925. The van der Waals surface area contributed by atoms with Gasteiger partial charge in [-0.05, 0) is 31.5 Å². The van der Waals surface area contributed by atoms with Crippen LogP contribution in [0.1, 0.15) is 18.2 Å². The molecule has 7 heteroatoms. The summed E-state index contributed by atoms with van der Waals surface area (Å²) < 4.78 is 1.80. The summed E-state index contributed by atoms with van der Waals surface area (Å²) in [5.41, 5.74) is 2.83. The van der Waals surface area contributed by atoms with Crippen LogP contribution in [-0.2, 0) is 11.3 Å². The number of aryl methyl sites for hydroxylation is 1. The van der Waals surface area contributed by atoms with Crippen LogP contribution in [0.3, 0.4) is 0 Å². The minimum absolute atomic E-state index is 0.0138. The van der Waals surface area contributed by atoms with Crippen molar-refractivity contribution in [1.29, 1.82) is 0 Å². The van der Waals surface area contributed by atoms with E-state index in [-0.39, 0.29) is 18.5 Å². The van der Waals surface area contributed by atoms with Crippen LogP contribution >= 0.6 is 0 Å². The highest BCUT2D eigenvalue weighted by Gasteiger charge is 2.29. The second-order valence-electron chi connectivity index (χ2n) is 5.78. The fraction of sp³-hybridized carbons (Fsp3) is 0.353. The van der Waals surface area contributed by atoms with Gasteiger partial charge in [0.25, 0.3) is 0 Å². The van der Waals surface area contributed by atoms with Gasteiger partial charge < -0.3 is 10.2 Å². The lowest BCUT2D eigenvalue weighted by atomic mass is 10.2. The highest BCUT2D eigenvalue weighted by molar-refractivity contribution is 5.87. The average Bonchev–Trinajstić information content (AvgIpc) is 3.18. The molecule has 1 aromatic heterocycles. The molecular formula is C17H21N5O2. The van der Waals surface area contributed by atoms with Crippen molar-refractivity contribution in [2.75, 3.05) is 19.8 Å². The molecule has 0 aliphatic carbocycles. The number of rotatable bonds is 4. The molecule has 0 unspecified atom stereocenters. The molecule has 1 saturated heterocycles. The number of para-hydroxylation sites is 1. The van der Waals surface area contributed by atoms with E-state index in [2.05, 4.69) is 10.4 Å². The molecule has 0 saturated carbocycles. The molecule has 126 valence electrons. The molecule has 0 spiro atoms. The number of hydrogen-bond donors (Lipinski definition) is 1. The van der Waals surface area contributed by atoms with Gasteiger partial charge in [0.2, 0.25) is 5.91 Å². The van der Waals surface area contributed by atoms with Crippen molar-refractivity contribution >= 4 is 11.9 Å². The fourth-order valence-electron chi connectivity index (χ4n) is 2.73. The Morgan fingerprint density at radius 1 is 1.29 bits per heavy atom. The van der Waals surface area contributed by atoms with Gasteiger partial charge in [0, 0.05) is 19.3 Å². The van der Waals surface area contributed by atoms with E-state index in [1.165, 1.54) is 4.90 Å². The third-order valence-electron chi connectivity index (χ3n) is 4.08. The lowest BCUT2D eigenvalue weighted by Crippen LogP contribution is -2.39. The maximum absolute atomic E-state index is 12.3. The summed E-state index contributed by atoms with van der Waals surface area (Å²) in [5, 5.41) is 7.31. The predicted molar refractivity (Wildman–Crippen MR) is 89.5 cm³/mol. The molecule has 3 rings (SSSR count). The summed E-state index contributed by atoms with van der Waals surface area (Å²) in [7, 11) is 0. The summed E-state index contributed by atoms with van der Waals surface area (Å²) >= 11 is 0. The number of aromatic nitrogens is 2. The van der Waals surface area contributed by atoms with Crippen LogP contribution in [0.5, 0.6) is 0 Å². The van der Waals surface area contributed by atoms with Crippen LogP contribution in [-0.4, -0.2) is 51.3 Å². The number of nitrogens with one attached hydrogen (secondary N) is 1. The first kappa shape index (κ1) is 16.0. The highest BCUT2D eigenvalue weighted by atomic mass is 16.2. The zero-order valence-corrected chi connectivity index (χ0v) is 13.9. The Hall–Kier alpha value is -2.83. The number of carbonyl (C=O) groups excluding carboxylic acids is 2. The third-order valence-corrected chi connectivity index (χ3v) is 4.08. The van der Waals surface area contributed by atoms with Gasteiger partial charge in [-0.3, -0.25) is 9.69 Å². The van der Waals surface area contributed by atoms with Crippen molar-refractivity contribution in [2.45, 2.75) is 20.4 Å². The number of urea groups is 1. The van der Waals surface area contributed by atoms with Gasteiger partial charge in [-0.1, -0.05) is 18.2 Å². The molecule has 2 heterocycles. The number of amides is 3. The average molecular weight is 327 g/mol. The number of carbonyl (C=O) groups is 2. The van der Waals surface area contributed by atoms with Crippen LogP contribution in [0.2, 0.25) is 0 Å². The Kier molecular flexibility index (Phi) is 4.50. The SMILES string of the molecule is CCN1CN(C(=O)NCc2ccccc2-n2ccc(C)n2)CC1=O. The number of likely N-dealkylation sites (N-methyl/N-ethyl adjacent to an activating group) is 1. The summed E-state index contributed by atoms with van der Waals surface area (Å²) in [6.45, 7) is 5.32. The number of benzene rings is 1. The van der Waals surface area contributed by atoms with E-state index >= 15 is 0 Å². The van der Waals surface area contributed by atoms with Gasteiger partial charge in [-0.15, -0.1) is 0 Å². The lowest BCUT2D eigenvalue weighted by molar-refractivity contribution is -0.126. The molecule has 2 aromatic rings. The van der Waals surface area contributed by atoms with Crippen molar-refractivity contribution in [3.05, 3.63) is 47.8 Å². The van der Waals surface area contributed by atoms with Crippen molar-refractivity contribution in [3.8, 4) is 5.69 Å². The Morgan fingerprint density at radius 3 is 2.75 bits per heavy atom. The van der Waals surface area contributed by atoms with Crippen LogP contribution < -0.4 is 5.32 Å². The molecular weight excluding hydrogens is 306 g/mol. The lowest BCUT2D eigenvalue weighted by Gasteiger charge is -2.18. The molecule has 0 radical (unpaired) electrons. The molecule has 1 aliphatic heterocycles. The first-order valence-electron chi connectivity index (χ1n) is 7.99. The minimum atomic E-state index is -0.231. The zero-order chi connectivity index (χ0) is 17.1. The van der Waals surface area contributed by atoms with Crippen molar-refractivity contribution in [1.82, 2.24) is 24.9 Å². The van der Waals surface area contributed by atoms with Crippen molar-refractivity contribution in [2.24, 2.45) is 0 Å². The molecule has 0 atom stereocenters. The molecule has 0 bridgehead atoms. The molecule has 1 N–H and O–H groups in total. The van der Waals surface area contributed by atoms with Crippen LogP contribution in [0.15, 0.2) is 36.5 Å². The van der Waals surface area contributed by atoms with Gasteiger partial charge in [0.15, 0.2) is 0 Å². The van der Waals surface area contributed by atoms with Crippen LogP contribution in [0.4, 0.5) is 4.79 Å². The second-order valence-corrected chi connectivity index (χ2v) is 5.78. The van der Waals surface area contributed by atoms with E-state index in [1.807, 2.05) is 50.4 Å². The van der Waals surface area contributed by atoms with E-state index in [1.54, 1.807) is 9.58 Å². The molecule has 1 fully saturated rings. The predicted octanol–water partition coefficient (Wildman–Crippen LogP) is 1.51. The maximum Gasteiger partial charge on any atom is 0.319 e. The molecule has 7 nitrogen and oxygen atoms in total. The molecule has 1 aromatic carbocycles. The highest BCUT2D eigenvalue weighted by Crippen LogP contribution is 2.14. The minimum Gasteiger partial charge on any atom is -0.334 e. The van der Waals surface area contributed by atoms with E-state index in [9.17, 15) is 9.59 Å². The van der Waals surface area contributed by atoms with Gasteiger partial charge >= 0.3 is 6.03 Å². The molecule has 24 heavy (non-hydrogen) atoms. The number of hydrogen-bond acceptors (Lipinski definition) is 3. The molecule has 1 aliphatic rings. The van der Waals surface area contributed by atoms with E-state index in [0.29, 0.717) is 19.8 Å². The van der Waals surface area contributed by atoms with Gasteiger partial charge in [-0.25, -0.2) is 9.48 Å². The van der Waals surface area contributed by atoms with Gasteiger partial charge in [-0.2, -0.15) is 5.10 Å². The maximum atomic E-state index is 12.3. The normalized spacial score (nSPS) is 14.3. The molecule has 3 amide bonds. The Morgan fingerprint density at radius 2 is 2.08 bits per heavy atom. The summed E-state index contributed by atoms with van der Waals surface area (Å²) in [5.74, 6) is -0.0138. The van der Waals surface area contributed by atoms with Crippen LogP contribution in [0, 0.1) is 6.92 Å². The van der Waals surface area contributed by atoms with E-state index < -0.39 is 0 Å². The topological polar surface area (TPSA) is 70.5 Å². The zero-order valence-electron chi connectivity index (χ0n) is 13.9. The summed E-state index contributed by atoms with van der Waals surface area (Å²) in [4.78, 5) is 27.2. The summed E-state index contributed by atoms with van der Waals surface area (Å²) in [6, 6.07) is 9.50. The standard InChI is InChI=1S/C17H21N5O2/c1-3-20-12-21(11-16(20)23)17(24)18-10-14-6-4-5-7-15(14)22-9-8-13(2)19-22/h4-9H,3,10-12H2,1-2H3,(H,18,24). The first-order valence-corrected chi connectivity index (χ1v) is 7.99. The number of nitrogens with zero attached hydrogens (tertiary/aromatic N) is 4. The van der Waals surface area contributed by atoms with E-state index in [4.69, 9.17) is 0 Å². The Bertz CT molecular complexity index is 755. The second kappa shape index (κ2) is 6.74. The van der Waals surface area contributed by atoms with Crippen molar-refractivity contribution in [3.63, 3.8) is 0 Å². The largest absolute Gasteiger partial charge is 0.334 e. The monoisotopic (exact) mass is 327 g/mol. The Labute approximate surface area is 140 Å². The third kappa shape index (κ3) is 3.24. The Balaban J connectivity index is 1.67. The first-order chi connectivity index (χ1) is 11.6. The van der Waals surface area contributed by atoms with Gasteiger partial charge in [0.05, 0.1) is 18.1 Å². The summed E-state index contributed by atoms with van der Waals surface area (Å²) in [6.07, 6.45) is 1.90. The van der Waals surface area contributed by atoms with E-state index in [0.717, 1.165) is 16.9 Å². The van der Waals surface area contributed by atoms with Crippen molar-refractivity contribution < 1.29 is 9.59 Å². The van der Waals surface area contributed by atoms with Crippen LogP contribution in [0.25, 0.3) is 5.69 Å². The van der Waals surface area contributed by atoms with Gasteiger partial charge in [0.1, 0.15) is 6.54 Å². The fourth-order valence-corrected chi connectivity index (χ4v) is 2.73. The smallest absolute Gasteiger partial charge is 0.319 e.